The maximum atomic E-state index is 5.84. The Labute approximate surface area is 203 Å². The highest BCUT2D eigenvalue weighted by molar-refractivity contribution is 14.0. The van der Waals surface area contributed by atoms with Gasteiger partial charge in [-0.05, 0) is 64.3 Å². The number of nitrogens with one attached hydrogen (secondary N) is 1. The van der Waals surface area contributed by atoms with E-state index in [-0.39, 0.29) is 24.0 Å². The third-order valence-corrected chi connectivity index (χ3v) is 7.49. The van der Waals surface area contributed by atoms with E-state index >= 15 is 0 Å². The van der Waals surface area contributed by atoms with Gasteiger partial charge < -0.3 is 19.5 Å². The first-order valence-corrected chi connectivity index (χ1v) is 11.9. The molecule has 5 rings (SSSR count). The summed E-state index contributed by atoms with van der Waals surface area (Å²) < 4.78 is 7.87. The Morgan fingerprint density at radius 3 is 2.71 bits per heavy atom. The summed E-state index contributed by atoms with van der Waals surface area (Å²) in [6, 6.07) is 1.66. The number of piperidine rings is 2. The molecular weight excluding hydrogens is 505 g/mol. The Kier molecular flexibility index (Phi) is 7.74. The lowest BCUT2D eigenvalue weighted by molar-refractivity contribution is 0.0365. The molecule has 8 nitrogen and oxygen atoms in total. The summed E-state index contributed by atoms with van der Waals surface area (Å²) >= 11 is 0. The minimum atomic E-state index is 0. The van der Waals surface area contributed by atoms with Crippen molar-refractivity contribution in [1.82, 2.24) is 29.9 Å². The van der Waals surface area contributed by atoms with Gasteiger partial charge in [-0.2, -0.15) is 0 Å². The van der Waals surface area contributed by atoms with Gasteiger partial charge in [-0.3, -0.25) is 4.90 Å². The predicted molar refractivity (Wildman–Crippen MR) is 132 cm³/mol. The van der Waals surface area contributed by atoms with Crippen molar-refractivity contribution < 1.29 is 4.74 Å². The fourth-order valence-electron chi connectivity index (χ4n) is 5.51. The molecule has 4 fully saturated rings. The molecule has 3 saturated heterocycles. The second kappa shape index (κ2) is 10.3. The zero-order chi connectivity index (χ0) is 20.5. The molecule has 1 aromatic heterocycles. The van der Waals surface area contributed by atoms with Crippen LogP contribution in [0.1, 0.15) is 56.6 Å². The summed E-state index contributed by atoms with van der Waals surface area (Å²) in [5.41, 5.74) is 0. The molecule has 4 aliphatic rings. The SMILES string of the molecule is Cc1nnc(CN=C(NCC2CCCO2)N2CCC3C(CCCN3C3CC3)C2)n1C.I. The summed E-state index contributed by atoms with van der Waals surface area (Å²) in [7, 11) is 2.01. The molecule has 3 atom stereocenters. The van der Waals surface area contributed by atoms with E-state index in [0.717, 1.165) is 68.3 Å². The summed E-state index contributed by atoms with van der Waals surface area (Å²) in [5.74, 6) is 3.63. The highest BCUT2D eigenvalue weighted by atomic mass is 127. The van der Waals surface area contributed by atoms with E-state index in [1.165, 1.54) is 45.1 Å². The van der Waals surface area contributed by atoms with Gasteiger partial charge in [-0.25, -0.2) is 4.99 Å². The highest BCUT2D eigenvalue weighted by Gasteiger charge is 2.42. The number of aryl methyl sites for hydroxylation is 1. The molecule has 4 heterocycles. The first kappa shape index (κ1) is 23.2. The van der Waals surface area contributed by atoms with Crippen LogP contribution in [-0.2, 0) is 18.3 Å². The number of halogens is 1. The number of guanidine groups is 1. The van der Waals surface area contributed by atoms with Crippen LogP contribution in [0.2, 0.25) is 0 Å². The topological polar surface area (TPSA) is 70.8 Å². The molecule has 1 aromatic rings. The van der Waals surface area contributed by atoms with E-state index in [1.807, 2.05) is 18.5 Å². The summed E-state index contributed by atoms with van der Waals surface area (Å²) in [4.78, 5) is 10.3. The Morgan fingerprint density at radius 2 is 2.00 bits per heavy atom. The van der Waals surface area contributed by atoms with Gasteiger partial charge in [0.1, 0.15) is 12.4 Å². The smallest absolute Gasteiger partial charge is 0.194 e. The number of aliphatic imine (C=N–C) groups is 1. The normalized spacial score (nSPS) is 29.5. The molecule has 9 heteroatoms. The van der Waals surface area contributed by atoms with Crippen molar-refractivity contribution in [3.63, 3.8) is 0 Å². The third-order valence-electron chi connectivity index (χ3n) is 7.49. The van der Waals surface area contributed by atoms with Gasteiger partial charge in [0.2, 0.25) is 0 Å². The molecule has 1 aliphatic carbocycles. The summed E-state index contributed by atoms with van der Waals surface area (Å²) in [6.45, 7) is 7.79. The Balaban J connectivity index is 0.00000231. The van der Waals surface area contributed by atoms with E-state index in [0.29, 0.717) is 12.6 Å². The van der Waals surface area contributed by atoms with Gasteiger partial charge in [0, 0.05) is 45.4 Å². The zero-order valence-electron chi connectivity index (χ0n) is 19.0. The van der Waals surface area contributed by atoms with Crippen LogP contribution in [0, 0.1) is 12.8 Å². The van der Waals surface area contributed by atoms with Crippen molar-refractivity contribution in [2.45, 2.75) is 76.6 Å². The number of hydrogen-bond acceptors (Lipinski definition) is 5. The fraction of sp³-hybridized carbons (Fsp3) is 0.864. The molecule has 0 spiro atoms. The molecular formula is C22H38IN7O. The van der Waals surface area contributed by atoms with Gasteiger partial charge >= 0.3 is 0 Å². The number of ether oxygens (including phenoxy) is 1. The zero-order valence-corrected chi connectivity index (χ0v) is 21.3. The lowest BCUT2D eigenvalue weighted by Crippen LogP contribution is -2.57. The number of nitrogens with zero attached hydrogens (tertiary/aromatic N) is 6. The molecule has 3 unspecified atom stereocenters. The summed E-state index contributed by atoms with van der Waals surface area (Å²) in [6.07, 6.45) is 9.41. The third kappa shape index (κ3) is 5.35. The molecule has 3 aliphatic heterocycles. The number of rotatable bonds is 5. The second-order valence-corrected chi connectivity index (χ2v) is 9.55. The molecule has 1 saturated carbocycles. The quantitative estimate of drug-likeness (QED) is 0.350. The molecule has 174 valence electrons. The average molecular weight is 543 g/mol. The highest BCUT2D eigenvalue weighted by Crippen LogP contribution is 2.38. The van der Waals surface area contributed by atoms with Gasteiger partial charge in [0.15, 0.2) is 11.8 Å². The predicted octanol–water partition coefficient (Wildman–Crippen LogP) is 2.31. The largest absolute Gasteiger partial charge is 0.376 e. The Bertz CT molecular complexity index is 759. The molecule has 31 heavy (non-hydrogen) atoms. The first-order valence-electron chi connectivity index (χ1n) is 11.9. The van der Waals surface area contributed by atoms with Gasteiger partial charge in [0.25, 0.3) is 0 Å². The average Bonchev–Trinajstić information content (AvgIpc) is 3.39. The minimum Gasteiger partial charge on any atom is -0.376 e. The van der Waals surface area contributed by atoms with Crippen molar-refractivity contribution in [2.75, 3.05) is 32.8 Å². The van der Waals surface area contributed by atoms with Crippen molar-refractivity contribution >= 4 is 29.9 Å². The molecule has 0 bridgehead atoms. The molecule has 1 N–H and O–H groups in total. The van der Waals surface area contributed by atoms with E-state index in [9.17, 15) is 0 Å². The van der Waals surface area contributed by atoms with Gasteiger partial charge in [-0.1, -0.05) is 0 Å². The standard InChI is InChI=1S/C22H37N7O.HI/c1-16-25-26-21(27(16)2)14-24-22(23-13-19-6-4-12-30-19)28-11-9-20-17(15-28)5-3-10-29(20)18-7-8-18;/h17-20H,3-15H2,1-2H3,(H,23,24);1H. The second-order valence-electron chi connectivity index (χ2n) is 9.55. The van der Waals surface area contributed by atoms with Crippen LogP contribution < -0.4 is 5.32 Å². The van der Waals surface area contributed by atoms with Crippen molar-refractivity contribution in [1.29, 1.82) is 0 Å². The lowest BCUT2D eigenvalue weighted by Gasteiger charge is -2.48. The monoisotopic (exact) mass is 543 g/mol. The molecule has 0 aromatic carbocycles. The van der Waals surface area contributed by atoms with Crippen molar-refractivity contribution in [3.05, 3.63) is 11.6 Å². The number of aromatic nitrogens is 3. The fourth-order valence-corrected chi connectivity index (χ4v) is 5.51. The lowest BCUT2D eigenvalue weighted by atomic mass is 9.83. The van der Waals surface area contributed by atoms with Crippen LogP contribution >= 0.6 is 24.0 Å². The number of fused-ring (bicyclic) bond motifs is 1. The molecule has 0 radical (unpaired) electrons. The van der Waals surface area contributed by atoms with Gasteiger partial charge in [-0.15, -0.1) is 34.2 Å². The molecule has 0 amide bonds. The van der Waals surface area contributed by atoms with E-state index in [4.69, 9.17) is 9.73 Å². The van der Waals surface area contributed by atoms with Crippen molar-refractivity contribution in [2.24, 2.45) is 18.0 Å². The Morgan fingerprint density at radius 1 is 1.13 bits per heavy atom. The van der Waals surface area contributed by atoms with Crippen LogP contribution in [-0.4, -0.2) is 81.5 Å². The maximum absolute atomic E-state index is 5.84. The number of likely N-dealkylation sites (tertiary alicyclic amines) is 2. The summed E-state index contributed by atoms with van der Waals surface area (Å²) in [5, 5.41) is 12.1. The van der Waals surface area contributed by atoms with E-state index < -0.39 is 0 Å². The van der Waals surface area contributed by atoms with Crippen LogP contribution in [0.25, 0.3) is 0 Å². The maximum Gasteiger partial charge on any atom is 0.194 e. The van der Waals surface area contributed by atoms with E-state index in [2.05, 4.69) is 25.3 Å². The van der Waals surface area contributed by atoms with Crippen LogP contribution in [0.15, 0.2) is 4.99 Å². The first-order chi connectivity index (χ1) is 14.7. The van der Waals surface area contributed by atoms with Crippen molar-refractivity contribution in [3.8, 4) is 0 Å². The Hall–Kier alpha value is -0.940. The number of hydrogen-bond donors (Lipinski definition) is 1. The van der Waals surface area contributed by atoms with Crippen LogP contribution in [0.5, 0.6) is 0 Å². The van der Waals surface area contributed by atoms with Gasteiger partial charge in [0.05, 0.1) is 6.10 Å². The van der Waals surface area contributed by atoms with Crippen LogP contribution in [0.4, 0.5) is 0 Å². The van der Waals surface area contributed by atoms with Crippen LogP contribution in [0.3, 0.4) is 0 Å². The minimum absolute atomic E-state index is 0. The van der Waals surface area contributed by atoms with E-state index in [1.54, 1.807) is 0 Å².